The van der Waals surface area contributed by atoms with Gasteiger partial charge in [0.25, 0.3) is 0 Å². The molecule has 0 heterocycles. The van der Waals surface area contributed by atoms with Gasteiger partial charge >= 0.3 is 6.18 Å². The van der Waals surface area contributed by atoms with E-state index < -0.39 is 18.7 Å². The molecule has 0 fully saturated rings. The Labute approximate surface area is 93.2 Å². The summed E-state index contributed by atoms with van der Waals surface area (Å²) >= 11 is 0. The third-order valence-corrected chi connectivity index (χ3v) is 2.24. The van der Waals surface area contributed by atoms with Gasteiger partial charge in [0.15, 0.2) is 0 Å². The van der Waals surface area contributed by atoms with Crippen LogP contribution in [0.5, 0.6) is 0 Å². The molecular weight excluding hydrogens is 217 g/mol. The summed E-state index contributed by atoms with van der Waals surface area (Å²) in [4.78, 5) is 0. The normalized spacial score (nSPS) is 13.8. The monoisotopic (exact) mass is 232 g/mol. The van der Waals surface area contributed by atoms with E-state index in [9.17, 15) is 13.2 Å². The maximum Gasteiger partial charge on any atom is 0.391 e. The van der Waals surface area contributed by atoms with Gasteiger partial charge in [-0.3, -0.25) is 0 Å². The molecule has 0 aliphatic heterocycles. The zero-order chi connectivity index (χ0) is 12.0. The first-order valence-corrected chi connectivity index (χ1v) is 5.23. The van der Waals surface area contributed by atoms with E-state index in [0.717, 1.165) is 5.56 Å². The van der Waals surface area contributed by atoms with Crippen molar-refractivity contribution in [2.45, 2.75) is 38.7 Å². The number of ether oxygens (including phenoxy) is 1. The fraction of sp³-hybridized carbons (Fsp3) is 0.500. The van der Waals surface area contributed by atoms with Gasteiger partial charge in [-0.15, -0.1) is 0 Å². The Bertz CT molecular complexity index is 295. The van der Waals surface area contributed by atoms with Crippen LogP contribution < -0.4 is 0 Å². The molecule has 0 aliphatic carbocycles. The lowest BCUT2D eigenvalue weighted by molar-refractivity contribution is -0.162. The largest absolute Gasteiger partial charge is 0.391 e. The first-order valence-electron chi connectivity index (χ1n) is 5.23. The molecule has 4 heteroatoms. The minimum atomic E-state index is -4.16. The molecule has 0 spiro atoms. The number of hydrogen-bond acceptors (Lipinski definition) is 1. The highest BCUT2D eigenvalue weighted by Crippen LogP contribution is 2.24. The van der Waals surface area contributed by atoms with E-state index in [-0.39, 0.29) is 6.61 Å². The third-order valence-electron chi connectivity index (χ3n) is 2.24. The minimum absolute atomic E-state index is 0.232. The molecule has 1 aromatic carbocycles. The molecule has 16 heavy (non-hydrogen) atoms. The molecule has 1 aromatic rings. The van der Waals surface area contributed by atoms with Crippen molar-refractivity contribution in [2.24, 2.45) is 0 Å². The molecule has 0 N–H and O–H groups in total. The second kappa shape index (κ2) is 5.89. The molecule has 90 valence electrons. The summed E-state index contributed by atoms with van der Waals surface area (Å²) in [6.45, 7) is 1.93. The first-order chi connectivity index (χ1) is 7.51. The Morgan fingerprint density at radius 3 is 2.31 bits per heavy atom. The molecule has 0 saturated carbocycles. The maximum absolute atomic E-state index is 12.1. The summed E-state index contributed by atoms with van der Waals surface area (Å²) in [7, 11) is 0. The number of alkyl halides is 3. The molecule has 0 radical (unpaired) electrons. The van der Waals surface area contributed by atoms with Crippen LogP contribution in [0.2, 0.25) is 0 Å². The predicted molar refractivity (Wildman–Crippen MR) is 56.0 cm³/mol. The second-order valence-corrected chi connectivity index (χ2v) is 3.65. The van der Waals surface area contributed by atoms with Gasteiger partial charge in [0.05, 0.1) is 19.1 Å². The van der Waals surface area contributed by atoms with Crippen LogP contribution in [0.15, 0.2) is 30.3 Å². The highest BCUT2D eigenvalue weighted by molar-refractivity contribution is 5.13. The molecule has 0 aliphatic rings. The van der Waals surface area contributed by atoms with Gasteiger partial charge < -0.3 is 4.74 Å². The highest BCUT2D eigenvalue weighted by Gasteiger charge is 2.31. The van der Waals surface area contributed by atoms with Gasteiger partial charge in [-0.05, 0) is 12.0 Å². The van der Waals surface area contributed by atoms with Crippen LogP contribution in [0, 0.1) is 0 Å². The summed E-state index contributed by atoms with van der Waals surface area (Å²) in [5, 5.41) is 0. The van der Waals surface area contributed by atoms with Crippen LogP contribution in [0.3, 0.4) is 0 Å². The van der Waals surface area contributed by atoms with Crippen LogP contribution in [0.25, 0.3) is 0 Å². The van der Waals surface area contributed by atoms with Crippen LogP contribution in [0.1, 0.15) is 25.3 Å². The minimum Gasteiger partial charge on any atom is -0.373 e. The van der Waals surface area contributed by atoms with Crippen LogP contribution >= 0.6 is 0 Å². The van der Waals surface area contributed by atoms with E-state index in [1.165, 1.54) is 0 Å². The van der Waals surface area contributed by atoms with E-state index in [4.69, 9.17) is 4.74 Å². The van der Waals surface area contributed by atoms with Crippen LogP contribution in [0.4, 0.5) is 13.2 Å². The average molecular weight is 232 g/mol. The van der Waals surface area contributed by atoms with Gasteiger partial charge in [-0.25, -0.2) is 0 Å². The van der Waals surface area contributed by atoms with Gasteiger partial charge in [-0.1, -0.05) is 37.3 Å². The molecule has 1 unspecified atom stereocenters. The highest BCUT2D eigenvalue weighted by atomic mass is 19.4. The summed E-state index contributed by atoms with van der Waals surface area (Å²) in [6, 6.07) is 9.20. The number of halogens is 3. The maximum atomic E-state index is 12.1. The summed E-state index contributed by atoms with van der Waals surface area (Å²) in [6.07, 6.45) is -5.42. The van der Waals surface area contributed by atoms with Gasteiger partial charge in [0.2, 0.25) is 0 Å². The lowest BCUT2D eigenvalue weighted by atomic mass is 10.2. The Morgan fingerprint density at radius 2 is 1.81 bits per heavy atom. The predicted octanol–water partition coefficient (Wildman–Crippen LogP) is 3.93. The van der Waals surface area contributed by atoms with E-state index in [0.29, 0.717) is 6.42 Å². The molecule has 0 bridgehead atoms. The van der Waals surface area contributed by atoms with Crippen molar-refractivity contribution in [1.82, 2.24) is 0 Å². The third kappa shape index (κ3) is 5.16. The van der Waals surface area contributed by atoms with Gasteiger partial charge in [-0.2, -0.15) is 13.2 Å². The Balaban J connectivity index is 2.40. The average Bonchev–Trinajstić information content (AvgIpc) is 2.24. The van der Waals surface area contributed by atoms with E-state index in [1.54, 1.807) is 6.92 Å². The number of benzene rings is 1. The van der Waals surface area contributed by atoms with Crippen LogP contribution in [-0.4, -0.2) is 12.3 Å². The number of rotatable bonds is 5. The Kier molecular flexibility index (Phi) is 4.80. The summed E-state index contributed by atoms with van der Waals surface area (Å²) in [5.74, 6) is 0. The molecule has 1 nitrogen and oxygen atoms in total. The summed E-state index contributed by atoms with van der Waals surface area (Å²) < 4.78 is 41.6. The zero-order valence-electron chi connectivity index (χ0n) is 9.13. The standard InChI is InChI=1S/C12H15F3O/c1-2-11(8-12(13,14)15)16-9-10-6-4-3-5-7-10/h3-7,11H,2,8-9H2,1H3. The quantitative estimate of drug-likeness (QED) is 0.747. The van der Waals surface area contributed by atoms with E-state index in [2.05, 4.69) is 0 Å². The molecule has 1 atom stereocenters. The molecule has 0 saturated heterocycles. The fourth-order valence-electron chi connectivity index (χ4n) is 1.37. The molecular formula is C12H15F3O. The van der Waals surface area contributed by atoms with Crippen molar-refractivity contribution < 1.29 is 17.9 Å². The van der Waals surface area contributed by atoms with Crippen molar-refractivity contribution in [3.63, 3.8) is 0 Å². The lowest BCUT2D eigenvalue weighted by Crippen LogP contribution is -2.21. The smallest absolute Gasteiger partial charge is 0.373 e. The van der Waals surface area contributed by atoms with Crippen LogP contribution in [-0.2, 0) is 11.3 Å². The fourth-order valence-corrected chi connectivity index (χ4v) is 1.37. The zero-order valence-corrected chi connectivity index (χ0v) is 9.13. The molecule has 1 rings (SSSR count). The molecule has 0 aromatic heterocycles. The van der Waals surface area contributed by atoms with Crippen molar-refractivity contribution in [3.05, 3.63) is 35.9 Å². The van der Waals surface area contributed by atoms with Gasteiger partial charge in [0.1, 0.15) is 0 Å². The lowest BCUT2D eigenvalue weighted by Gasteiger charge is -2.17. The Morgan fingerprint density at radius 1 is 1.19 bits per heavy atom. The van der Waals surface area contributed by atoms with Crippen molar-refractivity contribution in [3.8, 4) is 0 Å². The molecule has 0 amide bonds. The SMILES string of the molecule is CCC(CC(F)(F)F)OCc1ccccc1. The van der Waals surface area contributed by atoms with E-state index in [1.807, 2.05) is 30.3 Å². The summed E-state index contributed by atoms with van der Waals surface area (Å²) in [5.41, 5.74) is 0.892. The van der Waals surface area contributed by atoms with Crippen molar-refractivity contribution in [2.75, 3.05) is 0 Å². The van der Waals surface area contributed by atoms with E-state index >= 15 is 0 Å². The topological polar surface area (TPSA) is 9.23 Å². The van der Waals surface area contributed by atoms with Gasteiger partial charge in [0, 0.05) is 0 Å². The Hall–Kier alpha value is -1.03. The first kappa shape index (κ1) is 13.0. The second-order valence-electron chi connectivity index (χ2n) is 3.65. The van der Waals surface area contributed by atoms with Crippen molar-refractivity contribution in [1.29, 1.82) is 0 Å². The van der Waals surface area contributed by atoms with Crippen molar-refractivity contribution >= 4 is 0 Å². The number of hydrogen-bond donors (Lipinski definition) is 0.